The van der Waals surface area contributed by atoms with E-state index in [4.69, 9.17) is 11.6 Å². The Morgan fingerprint density at radius 3 is 2.96 bits per heavy atom. The lowest BCUT2D eigenvalue weighted by atomic mass is 9.71. The molecule has 0 saturated heterocycles. The Morgan fingerprint density at radius 2 is 2.13 bits per heavy atom. The van der Waals surface area contributed by atoms with Crippen molar-refractivity contribution in [1.82, 2.24) is 19.4 Å². The summed E-state index contributed by atoms with van der Waals surface area (Å²) in [7, 11) is 0. The molecule has 0 fully saturated rings. The zero-order valence-electron chi connectivity index (χ0n) is 12.9. The number of aryl methyl sites for hydroxylation is 2. The number of hydrogen-bond donors (Lipinski definition) is 0. The van der Waals surface area contributed by atoms with E-state index in [1.54, 1.807) is 18.3 Å². The number of hydrogen-bond acceptors (Lipinski definition) is 4. The highest BCUT2D eigenvalue weighted by atomic mass is 35.5. The van der Waals surface area contributed by atoms with E-state index in [2.05, 4.69) is 15.0 Å². The van der Waals surface area contributed by atoms with Crippen LogP contribution < -0.4 is 0 Å². The molecule has 4 rings (SSSR count). The first-order chi connectivity index (χ1) is 11.0. The van der Waals surface area contributed by atoms with Gasteiger partial charge in [0.15, 0.2) is 11.4 Å². The molecular formula is C17H15ClN4O. The van der Waals surface area contributed by atoms with Crippen LogP contribution in [0.15, 0.2) is 30.7 Å². The number of rotatable bonds is 1. The quantitative estimate of drug-likeness (QED) is 0.644. The summed E-state index contributed by atoms with van der Waals surface area (Å²) in [5.74, 6) is 0.0316. The van der Waals surface area contributed by atoms with Gasteiger partial charge in [-0.1, -0.05) is 11.6 Å². The molecule has 5 nitrogen and oxygen atoms in total. The van der Waals surface area contributed by atoms with Gasteiger partial charge in [0, 0.05) is 24.2 Å². The number of carbonyl (C=O) groups is 1. The van der Waals surface area contributed by atoms with Crippen molar-refractivity contribution in [2.75, 3.05) is 0 Å². The van der Waals surface area contributed by atoms with Gasteiger partial charge in [-0.05, 0) is 38.8 Å². The number of imidazole rings is 1. The maximum absolute atomic E-state index is 13.1. The Bertz CT molecular complexity index is 949. The molecular weight excluding hydrogens is 312 g/mol. The van der Waals surface area contributed by atoms with Crippen LogP contribution in [-0.2, 0) is 11.8 Å². The van der Waals surface area contributed by atoms with E-state index in [-0.39, 0.29) is 5.78 Å². The summed E-state index contributed by atoms with van der Waals surface area (Å²) in [4.78, 5) is 26.5. The highest BCUT2D eigenvalue weighted by Crippen LogP contribution is 2.38. The number of pyridine rings is 1. The summed E-state index contributed by atoms with van der Waals surface area (Å²) < 4.78 is 1.92. The minimum Gasteiger partial charge on any atom is -0.304 e. The molecule has 3 heterocycles. The Morgan fingerprint density at radius 1 is 1.30 bits per heavy atom. The number of halogens is 1. The molecule has 3 aromatic rings. The van der Waals surface area contributed by atoms with Crippen LogP contribution >= 0.6 is 11.6 Å². The highest BCUT2D eigenvalue weighted by molar-refractivity contribution is 6.29. The van der Waals surface area contributed by atoms with E-state index < -0.39 is 5.41 Å². The molecule has 3 aromatic heterocycles. The molecule has 23 heavy (non-hydrogen) atoms. The molecule has 0 N–H and O–H groups in total. The van der Waals surface area contributed by atoms with Crippen LogP contribution in [0.5, 0.6) is 0 Å². The molecule has 0 aliphatic heterocycles. The van der Waals surface area contributed by atoms with E-state index in [0.717, 1.165) is 22.7 Å². The number of Topliss-reactive ketones (excluding diaryl/α,β-unsaturated/α-hetero) is 1. The third kappa shape index (κ3) is 2.07. The molecule has 0 bridgehead atoms. The second-order valence-electron chi connectivity index (χ2n) is 6.18. The first-order valence-electron chi connectivity index (χ1n) is 7.50. The topological polar surface area (TPSA) is 60.2 Å². The number of aromatic nitrogens is 4. The van der Waals surface area contributed by atoms with Crippen molar-refractivity contribution in [1.29, 1.82) is 0 Å². The van der Waals surface area contributed by atoms with E-state index in [0.29, 0.717) is 23.6 Å². The number of ketones is 1. The smallest absolute Gasteiger partial charge is 0.176 e. The van der Waals surface area contributed by atoms with Crippen LogP contribution in [0, 0.1) is 6.92 Å². The van der Waals surface area contributed by atoms with E-state index in [9.17, 15) is 4.79 Å². The average molecular weight is 327 g/mol. The van der Waals surface area contributed by atoms with Gasteiger partial charge in [0.1, 0.15) is 5.15 Å². The van der Waals surface area contributed by atoms with E-state index in [1.807, 2.05) is 30.6 Å². The van der Waals surface area contributed by atoms with Gasteiger partial charge in [-0.25, -0.2) is 9.97 Å². The molecule has 0 amide bonds. The second-order valence-corrected chi connectivity index (χ2v) is 6.57. The summed E-state index contributed by atoms with van der Waals surface area (Å²) in [5.41, 5.74) is 3.06. The van der Waals surface area contributed by atoms with Crippen LogP contribution in [0.2, 0.25) is 5.15 Å². The van der Waals surface area contributed by atoms with Crippen LogP contribution in [0.3, 0.4) is 0 Å². The van der Waals surface area contributed by atoms with E-state index >= 15 is 0 Å². The largest absolute Gasteiger partial charge is 0.304 e. The lowest BCUT2D eigenvalue weighted by Gasteiger charge is -2.32. The minimum atomic E-state index is -0.706. The van der Waals surface area contributed by atoms with Gasteiger partial charge in [0.05, 0.1) is 22.5 Å². The number of carbonyl (C=O) groups excluding carboxylic acids is 1. The van der Waals surface area contributed by atoms with Crippen molar-refractivity contribution >= 4 is 23.0 Å². The zero-order chi connectivity index (χ0) is 16.2. The van der Waals surface area contributed by atoms with Crippen molar-refractivity contribution in [2.45, 2.75) is 32.1 Å². The molecule has 1 aliphatic carbocycles. The Labute approximate surface area is 138 Å². The van der Waals surface area contributed by atoms with Crippen molar-refractivity contribution in [2.24, 2.45) is 0 Å². The summed E-state index contributed by atoms with van der Waals surface area (Å²) in [6.45, 7) is 3.88. The second kappa shape index (κ2) is 4.86. The molecule has 116 valence electrons. The first kappa shape index (κ1) is 14.3. The molecule has 1 unspecified atom stereocenters. The molecule has 1 aliphatic rings. The summed E-state index contributed by atoms with van der Waals surface area (Å²) in [5, 5.41) is 0.421. The van der Waals surface area contributed by atoms with Crippen LogP contribution in [-0.4, -0.2) is 25.1 Å². The van der Waals surface area contributed by atoms with Crippen LogP contribution in [0.1, 0.15) is 40.8 Å². The van der Waals surface area contributed by atoms with Crippen molar-refractivity contribution < 1.29 is 4.79 Å². The third-order valence-corrected chi connectivity index (χ3v) is 4.78. The van der Waals surface area contributed by atoms with E-state index in [1.165, 1.54) is 0 Å². The molecule has 0 spiro atoms. The maximum atomic E-state index is 13.1. The molecule has 0 aromatic carbocycles. The normalized spacial score (nSPS) is 20.7. The van der Waals surface area contributed by atoms with Crippen molar-refractivity contribution in [3.05, 3.63) is 58.5 Å². The lowest BCUT2D eigenvalue weighted by Crippen LogP contribution is -2.39. The maximum Gasteiger partial charge on any atom is 0.176 e. The molecule has 0 saturated carbocycles. The highest BCUT2D eigenvalue weighted by Gasteiger charge is 2.43. The Kier molecular flexibility index (Phi) is 3.03. The predicted molar refractivity (Wildman–Crippen MR) is 87.0 cm³/mol. The molecule has 0 radical (unpaired) electrons. The molecule has 1 atom stereocenters. The van der Waals surface area contributed by atoms with Crippen molar-refractivity contribution in [3.63, 3.8) is 0 Å². The number of nitrogens with zero attached hydrogens (tertiary/aromatic N) is 4. The number of fused-ring (bicyclic) bond motifs is 2. The summed E-state index contributed by atoms with van der Waals surface area (Å²) >= 11 is 5.95. The lowest BCUT2D eigenvalue weighted by molar-refractivity contribution is 0.0871. The van der Waals surface area contributed by atoms with Gasteiger partial charge >= 0.3 is 0 Å². The minimum absolute atomic E-state index is 0.0316. The summed E-state index contributed by atoms with van der Waals surface area (Å²) in [6.07, 6.45) is 6.85. The first-order valence-corrected chi connectivity index (χ1v) is 7.88. The fourth-order valence-electron chi connectivity index (χ4n) is 3.31. The Balaban J connectivity index is 1.90. The van der Waals surface area contributed by atoms with Gasteiger partial charge in [0.2, 0.25) is 0 Å². The van der Waals surface area contributed by atoms with Crippen LogP contribution in [0.25, 0.3) is 5.65 Å². The standard InChI is InChI=1S/C17H15ClN4O/c1-10-9-22-8-7-19-14(16(22)20-10)17(2)6-5-12-11(15(17)23)3-4-13(18)21-12/h3-4,7-9H,5-6H2,1-2H3. The Hall–Kier alpha value is -2.27. The fourth-order valence-corrected chi connectivity index (χ4v) is 3.47. The van der Waals surface area contributed by atoms with Gasteiger partial charge in [-0.15, -0.1) is 0 Å². The van der Waals surface area contributed by atoms with Crippen molar-refractivity contribution in [3.8, 4) is 0 Å². The fraction of sp³-hybridized carbons (Fsp3) is 0.294. The van der Waals surface area contributed by atoms with Gasteiger partial charge in [0.25, 0.3) is 0 Å². The van der Waals surface area contributed by atoms with Gasteiger partial charge < -0.3 is 4.40 Å². The molecule has 6 heteroatoms. The third-order valence-electron chi connectivity index (χ3n) is 4.57. The average Bonchev–Trinajstić information content (AvgIpc) is 2.91. The van der Waals surface area contributed by atoms with Gasteiger partial charge in [-0.3, -0.25) is 9.78 Å². The summed E-state index contributed by atoms with van der Waals surface area (Å²) in [6, 6.07) is 3.43. The SMILES string of the molecule is Cc1cn2ccnc(C3(C)CCc4nc(Cl)ccc4C3=O)c2n1. The predicted octanol–water partition coefficient (Wildman–Crippen LogP) is 3.17. The monoisotopic (exact) mass is 326 g/mol. The van der Waals surface area contributed by atoms with Crippen LogP contribution in [0.4, 0.5) is 0 Å². The van der Waals surface area contributed by atoms with Gasteiger partial charge in [-0.2, -0.15) is 0 Å². The zero-order valence-corrected chi connectivity index (χ0v) is 13.6.